The van der Waals surface area contributed by atoms with E-state index >= 15 is 0 Å². The zero-order valence-electron chi connectivity index (χ0n) is 14.9. The second-order valence-corrected chi connectivity index (χ2v) is 6.56. The molecule has 8 nitrogen and oxygen atoms in total. The molecule has 0 unspecified atom stereocenters. The second kappa shape index (κ2) is 5.58. The lowest BCUT2D eigenvalue weighted by Gasteiger charge is -2.21. The van der Waals surface area contributed by atoms with E-state index in [1.165, 1.54) is 16.8 Å². The highest BCUT2D eigenvalue weighted by Gasteiger charge is 2.50. The van der Waals surface area contributed by atoms with Crippen LogP contribution in [0.5, 0.6) is 0 Å². The van der Waals surface area contributed by atoms with E-state index in [-0.39, 0.29) is 22.9 Å². The molecule has 0 fully saturated rings. The molecule has 0 spiro atoms. The Bertz CT molecular complexity index is 1090. The summed E-state index contributed by atoms with van der Waals surface area (Å²) in [6, 6.07) is 5.50. The summed E-state index contributed by atoms with van der Waals surface area (Å²) in [6.07, 6.45) is 0. The van der Waals surface area contributed by atoms with E-state index in [4.69, 9.17) is 5.73 Å². The number of halogens is 1. The molecule has 0 radical (unpaired) electrons. The molecule has 0 saturated carbocycles. The molecule has 1 aliphatic heterocycles. The lowest BCUT2D eigenvalue weighted by molar-refractivity contribution is -0.129. The first-order valence-corrected chi connectivity index (χ1v) is 8.24. The molecule has 2 aromatic heterocycles. The first-order chi connectivity index (χ1) is 12.7. The van der Waals surface area contributed by atoms with Crippen LogP contribution in [0.1, 0.15) is 28.2 Å². The van der Waals surface area contributed by atoms with Gasteiger partial charge in [0, 0.05) is 22.6 Å². The van der Waals surface area contributed by atoms with E-state index < -0.39 is 17.3 Å². The van der Waals surface area contributed by atoms with Crippen molar-refractivity contribution in [1.82, 2.24) is 19.7 Å². The Morgan fingerprint density at radius 2 is 1.85 bits per heavy atom. The standard InChI is InChI=1S/C18H17FN6O2/c1-8-6-9(2)22-17(21-8)25-15(20)14(10(3)24-25)18(27)12-7-11(19)4-5-13(12)23-16(18)26/h4-7,27H,20H2,1-3H3,(H,23,26)/t18-/m0/s1. The van der Waals surface area contributed by atoms with Crippen LogP contribution in [0, 0.1) is 26.6 Å². The van der Waals surface area contributed by atoms with Crippen molar-refractivity contribution in [2.45, 2.75) is 26.4 Å². The number of anilines is 2. The zero-order chi connectivity index (χ0) is 19.5. The van der Waals surface area contributed by atoms with Crippen molar-refractivity contribution in [3.63, 3.8) is 0 Å². The van der Waals surface area contributed by atoms with Gasteiger partial charge >= 0.3 is 0 Å². The number of nitrogens with zero attached hydrogens (tertiary/aromatic N) is 4. The highest BCUT2D eigenvalue weighted by Crippen LogP contribution is 2.44. The molecular weight excluding hydrogens is 351 g/mol. The highest BCUT2D eigenvalue weighted by molar-refractivity contribution is 6.08. The summed E-state index contributed by atoms with van der Waals surface area (Å²) in [5.74, 6) is -1.07. The largest absolute Gasteiger partial charge is 0.383 e. The molecule has 1 atom stereocenters. The Kier molecular flexibility index (Phi) is 3.54. The number of rotatable bonds is 2. The van der Waals surface area contributed by atoms with Gasteiger partial charge < -0.3 is 16.2 Å². The normalized spacial score (nSPS) is 18.5. The monoisotopic (exact) mass is 368 g/mol. The Labute approximate surface area is 153 Å². The molecule has 9 heteroatoms. The number of aromatic nitrogens is 4. The molecule has 4 rings (SSSR count). The lowest BCUT2D eigenvalue weighted by atomic mass is 9.87. The van der Waals surface area contributed by atoms with E-state index in [0.717, 1.165) is 17.5 Å². The number of benzene rings is 1. The third kappa shape index (κ3) is 2.39. The van der Waals surface area contributed by atoms with Gasteiger partial charge in [-0.25, -0.2) is 14.4 Å². The molecule has 3 aromatic rings. The molecule has 1 aliphatic rings. The van der Waals surface area contributed by atoms with Crippen LogP contribution in [-0.4, -0.2) is 30.8 Å². The molecule has 0 saturated heterocycles. The maximum Gasteiger partial charge on any atom is 0.266 e. The molecule has 1 aromatic carbocycles. The average molecular weight is 368 g/mol. The summed E-state index contributed by atoms with van der Waals surface area (Å²) in [5.41, 5.74) is 6.31. The van der Waals surface area contributed by atoms with Gasteiger partial charge in [-0.15, -0.1) is 0 Å². The van der Waals surface area contributed by atoms with Gasteiger partial charge in [0.05, 0.1) is 11.3 Å². The van der Waals surface area contributed by atoms with E-state index in [9.17, 15) is 14.3 Å². The van der Waals surface area contributed by atoms with E-state index in [1.807, 2.05) is 13.8 Å². The van der Waals surface area contributed by atoms with Gasteiger partial charge in [0.1, 0.15) is 11.6 Å². The SMILES string of the molecule is Cc1cc(C)nc(-n2nc(C)c([C@]3(O)C(=O)Nc4ccc(F)cc43)c2N)n1. The fraction of sp³-hybridized carbons (Fsp3) is 0.222. The van der Waals surface area contributed by atoms with Crippen molar-refractivity contribution in [2.75, 3.05) is 11.1 Å². The summed E-state index contributed by atoms with van der Waals surface area (Å²) < 4.78 is 15.1. The van der Waals surface area contributed by atoms with Gasteiger partial charge in [-0.05, 0) is 45.0 Å². The number of nitrogens with one attached hydrogen (secondary N) is 1. The number of amides is 1. The Hall–Kier alpha value is -3.33. The average Bonchev–Trinajstić information content (AvgIpc) is 3.02. The predicted octanol–water partition coefficient (Wildman–Crippen LogP) is 1.50. The zero-order valence-corrected chi connectivity index (χ0v) is 14.9. The van der Waals surface area contributed by atoms with Gasteiger partial charge in [0.2, 0.25) is 5.60 Å². The maximum atomic E-state index is 13.8. The first kappa shape index (κ1) is 17.1. The number of nitrogen functional groups attached to an aromatic ring is 1. The van der Waals surface area contributed by atoms with Crippen molar-refractivity contribution >= 4 is 17.4 Å². The van der Waals surface area contributed by atoms with E-state index in [1.54, 1.807) is 13.0 Å². The van der Waals surface area contributed by atoms with Crippen molar-refractivity contribution in [1.29, 1.82) is 0 Å². The fourth-order valence-electron chi connectivity index (χ4n) is 3.45. The van der Waals surface area contributed by atoms with Crippen LogP contribution in [0.15, 0.2) is 24.3 Å². The van der Waals surface area contributed by atoms with Gasteiger partial charge in [0.25, 0.3) is 11.9 Å². The topological polar surface area (TPSA) is 119 Å². The molecule has 27 heavy (non-hydrogen) atoms. The van der Waals surface area contributed by atoms with Crippen LogP contribution in [0.3, 0.4) is 0 Å². The fourth-order valence-corrected chi connectivity index (χ4v) is 3.45. The van der Waals surface area contributed by atoms with Crippen LogP contribution >= 0.6 is 0 Å². The number of carbonyl (C=O) groups excluding carboxylic acids is 1. The molecule has 4 N–H and O–H groups in total. The summed E-state index contributed by atoms with van der Waals surface area (Å²) in [4.78, 5) is 21.2. The minimum atomic E-state index is -2.16. The van der Waals surface area contributed by atoms with Crippen LogP contribution in [-0.2, 0) is 10.4 Å². The van der Waals surface area contributed by atoms with E-state index in [2.05, 4.69) is 20.4 Å². The van der Waals surface area contributed by atoms with E-state index in [0.29, 0.717) is 11.4 Å². The van der Waals surface area contributed by atoms with Gasteiger partial charge in [-0.2, -0.15) is 9.78 Å². The Morgan fingerprint density at radius 1 is 1.19 bits per heavy atom. The minimum Gasteiger partial charge on any atom is -0.383 e. The molecule has 0 aliphatic carbocycles. The Balaban J connectivity index is 1.95. The number of nitrogens with two attached hydrogens (primary N) is 1. The molecule has 3 heterocycles. The minimum absolute atomic E-state index is 0.00672. The van der Waals surface area contributed by atoms with Crippen molar-refractivity contribution in [3.8, 4) is 5.95 Å². The summed E-state index contributed by atoms with van der Waals surface area (Å²) in [6.45, 7) is 5.22. The van der Waals surface area contributed by atoms with Gasteiger partial charge in [0.15, 0.2) is 0 Å². The molecular formula is C18H17FN6O2. The van der Waals surface area contributed by atoms with Crippen molar-refractivity contribution in [2.24, 2.45) is 0 Å². The van der Waals surface area contributed by atoms with Gasteiger partial charge in [-0.3, -0.25) is 4.79 Å². The van der Waals surface area contributed by atoms with Crippen LogP contribution in [0.4, 0.5) is 15.9 Å². The molecule has 138 valence electrons. The van der Waals surface area contributed by atoms with Crippen molar-refractivity contribution < 1.29 is 14.3 Å². The Morgan fingerprint density at radius 3 is 2.52 bits per heavy atom. The second-order valence-electron chi connectivity index (χ2n) is 6.56. The smallest absolute Gasteiger partial charge is 0.266 e. The summed E-state index contributed by atoms with van der Waals surface area (Å²) in [7, 11) is 0. The number of fused-ring (bicyclic) bond motifs is 1. The van der Waals surface area contributed by atoms with Crippen LogP contribution in [0.25, 0.3) is 5.95 Å². The lowest BCUT2D eigenvalue weighted by Crippen LogP contribution is -2.36. The third-order valence-electron chi connectivity index (χ3n) is 4.57. The molecule has 0 bridgehead atoms. The third-order valence-corrected chi connectivity index (χ3v) is 4.57. The number of aryl methyl sites for hydroxylation is 3. The predicted molar refractivity (Wildman–Crippen MR) is 95.8 cm³/mol. The summed E-state index contributed by atoms with van der Waals surface area (Å²) >= 11 is 0. The highest BCUT2D eigenvalue weighted by atomic mass is 19.1. The first-order valence-electron chi connectivity index (χ1n) is 8.24. The van der Waals surface area contributed by atoms with Gasteiger partial charge in [-0.1, -0.05) is 0 Å². The number of carbonyl (C=O) groups is 1. The van der Waals surface area contributed by atoms with Crippen molar-refractivity contribution in [3.05, 3.63) is 58.3 Å². The summed E-state index contributed by atoms with van der Waals surface area (Å²) in [5, 5.41) is 18.2. The maximum absolute atomic E-state index is 13.8. The van der Waals surface area contributed by atoms with Crippen LogP contribution in [0.2, 0.25) is 0 Å². The quantitative estimate of drug-likeness (QED) is 0.631. The number of aliphatic hydroxyl groups is 1. The molecule has 1 amide bonds. The number of hydrogen-bond donors (Lipinski definition) is 3. The number of hydrogen-bond acceptors (Lipinski definition) is 6. The van der Waals surface area contributed by atoms with Crippen LogP contribution < -0.4 is 11.1 Å².